The molecule has 100 valence electrons. The zero-order valence-electron chi connectivity index (χ0n) is 11.3. The van der Waals surface area contributed by atoms with Crippen LogP contribution < -0.4 is 0 Å². The summed E-state index contributed by atoms with van der Waals surface area (Å²) in [5.74, 6) is -0.258. The van der Waals surface area contributed by atoms with Crippen molar-refractivity contribution in [1.29, 1.82) is 0 Å². The summed E-state index contributed by atoms with van der Waals surface area (Å²) in [5, 5.41) is 0. The number of hydrogen-bond acceptors (Lipinski definition) is 3. The van der Waals surface area contributed by atoms with Gasteiger partial charge in [0.05, 0.1) is 12.2 Å². The van der Waals surface area contributed by atoms with Gasteiger partial charge < -0.3 is 9.47 Å². The largest absolute Gasteiger partial charge is 0.460 e. The van der Waals surface area contributed by atoms with E-state index in [4.69, 9.17) is 9.47 Å². The van der Waals surface area contributed by atoms with Gasteiger partial charge in [-0.05, 0) is 24.5 Å². The van der Waals surface area contributed by atoms with Crippen LogP contribution in [0.15, 0.2) is 24.3 Å². The van der Waals surface area contributed by atoms with E-state index in [2.05, 4.69) is 6.92 Å². The topological polar surface area (TPSA) is 35.5 Å². The van der Waals surface area contributed by atoms with E-state index in [0.717, 1.165) is 31.4 Å². The van der Waals surface area contributed by atoms with Crippen molar-refractivity contribution in [1.82, 2.24) is 0 Å². The second-order valence-electron chi connectivity index (χ2n) is 4.11. The van der Waals surface area contributed by atoms with Gasteiger partial charge in [0.2, 0.25) is 0 Å². The Bertz CT molecular complexity index is 361. The van der Waals surface area contributed by atoms with Gasteiger partial charge in [-0.25, -0.2) is 4.79 Å². The maximum Gasteiger partial charge on any atom is 0.338 e. The highest BCUT2D eigenvalue weighted by Gasteiger charge is 2.10. The van der Waals surface area contributed by atoms with Crippen LogP contribution in [0.25, 0.3) is 0 Å². The van der Waals surface area contributed by atoms with Crippen molar-refractivity contribution >= 4 is 5.97 Å². The molecule has 0 bridgehead atoms. The van der Waals surface area contributed by atoms with Crippen molar-refractivity contribution in [2.45, 2.75) is 33.1 Å². The molecule has 1 aromatic rings. The van der Waals surface area contributed by atoms with Gasteiger partial charge in [0, 0.05) is 6.61 Å². The van der Waals surface area contributed by atoms with E-state index >= 15 is 0 Å². The molecule has 0 aliphatic rings. The van der Waals surface area contributed by atoms with Crippen LogP contribution in [0.1, 0.15) is 42.6 Å². The molecule has 0 aromatic heterocycles. The van der Waals surface area contributed by atoms with E-state index in [1.807, 2.05) is 25.1 Å². The lowest BCUT2D eigenvalue weighted by molar-refractivity contribution is 0.0313. The molecule has 1 rings (SSSR count). The number of benzene rings is 1. The first-order valence-corrected chi connectivity index (χ1v) is 6.62. The zero-order valence-corrected chi connectivity index (χ0v) is 11.3. The smallest absolute Gasteiger partial charge is 0.338 e. The van der Waals surface area contributed by atoms with Gasteiger partial charge >= 0.3 is 5.97 Å². The van der Waals surface area contributed by atoms with Gasteiger partial charge in [0.1, 0.15) is 6.61 Å². The Hall–Kier alpha value is -1.35. The Balaban J connectivity index is 2.32. The number of rotatable bonds is 8. The molecule has 0 unspecified atom stereocenters. The van der Waals surface area contributed by atoms with Crippen molar-refractivity contribution in [2.24, 2.45) is 0 Å². The van der Waals surface area contributed by atoms with Crippen molar-refractivity contribution in [3.05, 3.63) is 35.4 Å². The fourth-order valence-electron chi connectivity index (χ4n) is 1.65. The predicted octanol–water partition coefficient (Wildman–Crippen LogP) is 3.22. The van der Waals surface area contributed by atoms with Gasteiger partial charge in [-0.15, -0.1) is 0 Å². The average molecular weight is 250 g/mol. The molecule has 0 spiro atoms. The lowest BCUT2D eigenvalue weighted by Gasteiger charge is -2.08. The van der Waals surface area contributed by atoms with Gasteiger partial charge in [0.15, 0.2) is 0 Å². The molecule has 0 aliphatic heterocycles. The van der Waals surface area contributed by atoms with E-state index in [0.29, 0.717) is 18.8 Å². The summed E-state index contributed by atoms with van der Waals surface area (Å²) in [6.45, 7) is 5.67. The summed E-state index contributed by atoms with van der Waals surface area (Å²) in [5.41, 5.74) is 1.68. The lowest BCUT2D eigenvalue weighted by Crippen LogP contribution is -2.12. The molecule has 0 saturated heterocycles. The Morgan fingerprint density at radius 2 is 1.89 bits per heavy atom. The molecule has 0 radical (unpaired) electrons. The monoisotopic (exact) mass is 250 g/mol. The maximum absolute atomic E-state index is 11.8. The Morgan fingerprint density at radius 1 is 1.11 bits per heavy atom. The number of esters is 1. The average Bonchev–Trinajstić information content (AvgIpc) is 2.42. The Morgan fingerprint density at radius 3 is 2.61 bits per heavy atom. The van der Waals surface area contributed by atoms with E-state index in [1.54, 1.807) is 6.07 Å². The predicted molar refractivity (Wildman–Crippen MR) is 71.8 cm³/mol. The first kappa shape index (κ1) is 14.7. The van der Waals surface area contributed by atoms with Crippen LogP contribution in [-0.2, 0) is 15.9 Å². The number of carbonyl (C=O) groups is 1. The van der Waals surface area contributed by atoms with Gasteiger partial charge in [-0.1, -0.05) is 38.5 Å². The van der Waals surface area contributed by atoms with Gasteiger partial charge in [-0.3, -0.25) is 0 Å². The summed E-state index contributed by atoms with van der Waals surface area (Å²) < 4.78 is 10.5. The minimum Gasteiger partial charge on any atom is -0.460 e. The van der Waals surface area contributed by atoms with Crippen molar-refractivity contribution in [3.63, 3.8) is 0 Å². The highest BCUT2D eigenvalue weighted by molar-refractivity contribution is 5.91. The third-order valence-electron chi connectivity index (χ3n) is 2.72. The van der Waals surface area contributed by atoms with Crippen LogP contribution >= 0.6 is 0 Å². The number of carbonyl (C=O) groups excluding carboxylic acids is 1. The van der Waals surface area contributed by atoms with Crippen LogP contribution in [0, 0.1) is 0 Å². The highest BCUT2D eigenvalue weighted by atomic mass is 16.6. The van der Waals surface area contributed by atoms with E-state index in [1.165, 1.54) is 0 Å². The first-order chi connectivity index (χ1) is 8.79. The van der Waals surface area contributed by atoms with Crippen LogP contribution in [-0.4, -0.2) is 25.8 Å². The van der Waals surface area contributed by atoms with Crippen LogP contribution in [0.4, 0.5) is 0 Å². The summed E-state index contributed by atoms with van der Waals surface area (Å²) >= 11 is 0. The molecule has 3 nitrogen and oxygen atoms in total. The fourth-order valence-corrected chi connectivity index (χ4v) is 1.65. The Kier molecular flexibility index (Phi) is 7.11. The number of hydrogen-bond donors (Lipinski definition) is 0. The first-order valence-electron chi connectivity index (χ1n) is 6.62. The SMILES string of the molecule is CCCCOCCOC(=O)c1ccccc1CC. The van der Waals surface area contributed by atoms with E-state index < -0.39 is 0 Å². The molecule has 18 heavy (non-hydrogen) atoms. The van der Waals surface area contributed by atoms with Crippen molar-refractivity contribution < 1.29 is 14.3 Å². The maximum atomic E-state index is 11.8. The minimum absolute atomic E-state index is 0.258. The minimum atomic E-state index is -0.258. The third-order valence-corrected chi connectivity index (χ3v) is 2.72. The molecule has 0 N–H and O–H groups in total. The summed E-state index contributed by atoms with van der Waals surface area (Å²) in [7, 11) is 0. The molecular formula is C15H22O3. The van der Waals surface area contributed by atoms with Gasteiger partial charge in [0.25, 0.3) is 0 Å². The lowest BCUT2D eigenvalue weighted by atomic mass is 10.1. The molecular weight excluding hydrogens is 228 g/mol. The third kappa shape index (κ3) is 4.88. The summed E-state index contributed by atoms with van der Waals surface area (Å²) in [6.07, 6.45) is 2.99. The number of ether oxygens (including phenoxy) is 2. The van der Waals surface area contributed by atoms with Crippen LogP contribution in [0.2, 0.25) is 0 Å². The summed E-state index contributed by atoms with van der Waals surface area (Å²) in [4.78, 5) is 11.8. The number of unbranched alkanes of at least 4 members (excludes halogenated alkanes) is 1. The molecule has 0 amide bonds. The normalized spacial score (nSPS) is 10.3. The Labute approximate surface area is 109 Å². The van der Waals surface area contributed by atoms with E-state index in [9.17, 15) is 4.79 Å². The van der Waals surface area contributed by atoms with Crippen LogP contribution in [0.5, 0.6) is 0 Å². The van der Waals surface area contributed by atoms with E-state index in [-0.39, 0.29) is 5.97 Å². The molecule has 0 heterocycles. The highest BCUT2D eigenvalue weighted by Crippen LogP contribution is 2.10. The molecule has 0 saturated carbocycles. The molecule has 0 aliphatic carbocycles. The zero-order chi connectivity index (χ0) is 13.2. The fraction of sp³-hybridized carbons (Fsp3) is 0.533. The second kappa shape index (κ2) is 8.70. The number of aryl methyl sites for hydroxylation is 1. The quantitative estimate of drug-likeness (QED) is 0.525. The molecule has 3 heteroatoms. The molecule has 0 fully saturated rings. The standard InChI is InChI=1S/C15H22O3/c1-3-5-10-17-11-12-18-15(16)14-9-7-6-8-13(14)4-2/h6-9H,3-5,10-12H2,1-2H3. The second-order valence-corrected chi connectivity index (χ2v) is 4.11. The summed E-state index contributed by atoms with van der Waals surface area (Å²) in [6, 6.07) is 7.55. The van der Waals surface area contributed by atoms with Gasteiger partial charge in [-0.2, -0.15) is 0 Å². The van der Waals surface area contributed by atoms with Crippen LogP contribution in [0.3, 0.4) is 0 Å². The van der Waals surface area contributed by atoms with Crippen molar-refractivity contribution in [2.75, 3.05) is 19.8 Å². The van der Waals surface area contributed by atoms with Crippen molar-refractivity contribution in [3.8, 4) is 0 Å². The molecule has 0 atom stereocenters. The molecule has 1 aromatic carbocycles.